The number of aryl methyl sites for hydroxylation is 1. The molecule has 0 radical (unpaired) electrons. The summed E-state index contributed by atoms with van der Waals surface area (Å²) in [6.07, 6.45) is 0. The van der Waals surface area contributed by atoms with E-state index in [0.29, 0.717) is 28.2 Å². The summed E-state index contributed by atoms with van der Waals surface area (Å²) in [6.45, 7) is 1.66. The lowest BCUT2D eigenvalue weighted by Gasteiger charge is -2.10. The smallest absolute Gasteiger partial charge is 0.337 e. The summed E-state index contributed by atoms with van der Waals surface area (Å²) in [5.74, 6) is 0.410. The van der Waals surface area contributed by atoms with Crippen LogP contribution in [0.5, 0.6) is 11.5 Å². The third kappa shape index (κ3) is 4.05. The minimum Gasteiger partial charge on any atom is -0.493 e. The van der Waals surface area contributed by atoms with E-state index in [1.807, 2.05) is 0 Å². The Balaban J connectivity index is 1.73. The fourth-order valence-electron chi connectivity index (χ4n) is 2.33. The molecule has 0 aliphatic heterocycles. The highest BCUT2D eigenvalue weighted by atomic mass is 19.1. The van der Waals surface area contributed by atoms with Crippen LogP contribution in [0.2, 0.25) is 0 Å². The largest absolute Gasteiger partial charge is 0.493 e. The molecule has 0 aliphatic carbocycles. The number of carbonyl (C=O) groups excluding carboxylic acids is 1. The van der Waals surface area contributed by atoms with Gasteiger partial charge in [-0.15, -0.1) is 0 Å². The Morgan fingerprint density at radius 3 is 2.67 bits per heavy atom. The lowest BCUT2D eigenvalue weighted by atomic mass is 10.1. The molecule has 0 saturated carbocycles. The number of methoxy groups -OCH3 is 2. The SMILES string of the molecule is COC(=O)c1ccc(OCc2nc(-c3ccc(C)c(F)c3)no2)c(OC)c1. The Kier molecular flexibility index (Phi) is 5.35. The van der Waals surface area contributed by atoms with Gasteiger partial charge in [-0.05, 0) is 36.8 Å². The molecule has 0 fully saturated rings. The van der Waals surface area contributed by atoms with Gasteiger partial charge < -0.3 is 18.7 Å². The average Bonchev–Trinajstić information content (AvgIpc) is 3.16. The highest BCUT2D eigenvalue weighted by Gasteiger charge is 2.14. The molecule has 0 N–H and O–H groups in total. The zero-order valence-electron chi connectivity index (χ0n) is 15.0. The van der Waals surface area contributed by atoms with Crippen molar-refractivity contribution in [1.82, 2.24) is 10.1 Å². The van der Waals surface area contributed by atoms with Gasteiger partial charge in [0.2, 0.25) is 5.82 Å². The molecule has 0 atom stereocenters. The predicted octanol–water partition coefficient (Wildman–Crippen LogP) is 3.56. The number of esters is 1. The molecule has 0 amide bonds. The quantitative estimate of drug-likeness (QED) is 0.612. The third-order valence-electron chi connectivity index (χ3n) is 3.83. The van der Waals surface area contributed by atoms with E-state index in [4.69, 9.17) is 14.0 Å². The maximum atomic E-state index is 13.7. The Bertz CT molecular complexity index is 970. The molecule has 7 nitrogen and oxygen atoms in total. The summed E-state index contributed by atoms with van der Waals surface area (Å²) in [6, 6.07) is 9.35. The van der Waals surface area contributed by atoms with Crippen LogP contribution in [0.4, 0.5) is 4.39 Å². The Labute approximate surface area is 154 Å². The monoisotopic (exact) mass is 372 g/mol. The summed E-state index contributed by atoms with van der Waals surface area (Å²) < 4.78 is 34.3. The van der Waals surface area contributed by atoms with E-state index in [1.165, 1.54) is 26.4 Å². The van der Waals surface area contributed by atoms with Crippen molar-refractivity contribution in [2.75, 3.05) is 14.2 Å². The van der Waals surface area contributed by atoms with Crippen LogP contribution >= 0.6 is 0 Å². The molecule has 0 aliphatic rings. The molecule has 27 heavy (non-hydrogen) atoms. The summed E-state index contributed by atoms with van der Waals surface area (Å²) in [5, 5.41) is 3.84. The third-order valence-corrected chi connectivity index (χ3v) is 3.83. The zero-order chi connectivity index (χ0) is 19.4. The first-order chi connectivity index (χ1) is 13.0. The van der Waals surface area contributed by atoms with Gasteiger partial charge in [-0.2, -0.15) is 4.98 Å². The van der Waals surface area contributed by atoms with Gasteiger partial charge in [-0.3, -0.25) is 0 Å². The number of hydrogen-bond donors (Lipinski definition) is 0. The van der Waals surface area contributed by atoms with Gasteiger partial charge >= 0.3 is 5.97 Å². The Morgan fingerprint density at radius 2 is 1.96 bits per heavy atom. The standard InChI is InChI=1S/C19H17FN2O5/c1-11-4-5-12(8-14(11)20)18-21-17(27-22-18)10-26-15-7-6-13(19(23)25-3)9-16(15)24-2/h4-9H,10H2,1-3H3. The van der Waals surface area contributed by atoms with Gasteiger partial charge in [0.25, 0.3) is 5.89 Å². The maximum absolute atomic E-state index is 13.7. The van der Waals surface area contributed by atoms with Crippen LogP contribution in [0, 0.1) is 12.7 Å². The normalized spacial score (nSPS) is 10.5. The van der Waals surface area contributed by atoms with Crippen LogP contribution in [-0.2, 0) is 11.3 Å². The first kappa shape index (κ1) is 18.4. The molecule has 0 unspecified atom stereocenters. The highest BCUT2D eigenvalue weighted by Crippen LogP contribution is 2.29. The highest BCUT2D eigenvalue weighted by molar-refractivity contribution is 5.90. The van der Waals surface area contributed by atoms with Crippen molar-refractivity contribution in [3.63, 3.8) is 0 Å². The minimum atomic E-state index is -0.480. The summed E-state index contributed by atoms with van der Waals surface area (Å²) in [5.41, 5.74) is 1.38. The molecule has 3 aromatic rings. The summed E-state index contributed by atoms with van der Waals surface area (Å²) >= 11 is 0. The molecule has 1 heterocycles. The summed E-state index contributed by atoms with van der Waals surface area (Å²) in [7, 11) is 2.76. The van der Waals surface area contributed by atoms with E-state index >= 15 is 0 Å². The van der Waals surface area contributed by atoms with E-state index in [9.17, 15) is 9.18 Å². The molecule has 1 aromatic heterocycles. The second kappa shape index (κ2) is 7.86. The van der Waals surface area contributed by atoms with Crippen LogP contribution in [0.15, 0.2) is 40.9 Å². The maximum Gasteiger partial charge on any atom is 0.337 e. The van der Waals surface area contributed by atoms with Gasteiger partial charge in [0.1, 0.15) is 5.82 Å². The second-order valence-corrected chi connectivity index (χ2v) is 5.62. The van der Waals surface area contributed by atoms with Crippen LogP contribution in [0.1, 0.15) is 21.8 Å². The Hall–Kier alpha value is -3.42. The van der Waals surface area contributed by atoms with E-state index in [1.54, 1.807) is 31.2 Å². The van der Waals surface area contributed by atoms with Crippen LogP contribution in [-0.4, -0.2) is 30.3 Å². The van der Waals surface area contributed by atoms with Gasteiger partial charge in [0.15, 0.2) is 18.1 Å². The van der Waals surface area contributed by atoms with E-state index in [0.717, 1.165) is 0 Å². The van der Waals surface area contributed by atoms with E-state index in [-0.39, 0.29) is 24.1 Å². The fraction of sp³-hybridized carbons (Fsp3) is 0.211. The number of nitrogens with zero attached hydrogens (tertiary/aromatic N) is 2. The van der Waals surface area contributed by atoms with Gasteiger partial charge in [-0.25, -0.2) is 9.18 Å². The van der Waals surface area contributed by atoms with Gasteiger partial charge in [0.05, 0.1) is 19.8 Å². The number of aromatic nitrogens is 2. The van der Waals surface area contributed by atoms with Crippen molar-refractivity contribution in [3.05, 3.63) is 59.2 Å². The number of carbonyl (C=O) groups is 1. The molecular formula is C19H17FN2O5. The minimum absolute atomic E-state index is 0.0186. The van der Waals surface area contributed by atoms with Gasteiger partial charge in [-0.1, -0.05) is 17.3 Å². The lowest BCUT2D eigenvalue weighted by molar-refractivity contribution is 0.0600. The van der Waals surface area contributed by atoms with Crippen molar-refractivity contribution in [3.8, 4) is 22.9 Å². The molecular weight excluding hydrogens is 355 g/mol. The molecule has 140 valence electrons. The topological polar surface area (TPSA) is 83.7 Å². The predicted molar refractivity (Wildman–Crippen MR) is 93.1 cm³/mol. The molecule has 3 rings (SSSR count). The first-order valence-electron chi connectivity index (χ1n) is 8.00. The van der Waals surface area contributed by atoms with Crippen LogP contribution in [0.25, 0.3) is 11.4 Å². The van der Waals surface area contributed by atoms with Crippen molar-refractivity contribution in [1.29, 1.82) is 0 Å². The number of ether oxygens (including phenoxy) is 3. The Morgan fingerprint density at radius 1 is 1.15 bits per heavy atom. The van der Waals surface area contributed by atoms with Gasteiger partial charge in [0, 0.05) is 5.56 Å². The number of benzene rings is 2. The lowest BCUT2D eigenvalue weighted by Crippen LogP contribution is -2.03. The number of rotatable bonds is 6. The molecule has 0 bridgehead atoms. The number of hydrogen-bond acceptors (Lipinski definition) is 7. The zero-order valence-corrected chi connectivity index (χ0v) is 15.0. The van der Waals surface area contributed by atoms with Crippen molar-refractivity contribution in [2.45, 2.75) is 13.5 Å². The number of halogens is 1. The molecule has 2 aromatic carbocycles. The first-order valence-corrected chi connectivity index (χ1v) is 8.00. The van der Waals surface area contributed by atoms with Crippen LogP contribution in [0.3, 0.4) is 0 Å². The molecule has 0 saturated heterocycles. The summed E-state index contributed by atoms with van der Waals surface area (Å²) in [4.78, 5) is 15.8. The van der Waals surface area contributed by atoms with E-state index < -0.39 is 5.97 Å². The molecule has 0 spiro atoms. The average molecular weight is 372 g/mol. The van der Waals surface area contributed by atoms with Crippen LogP contribution < -0.4 is 9.47 Å². The van der Waals surface area contributed by atoms with E-state index in [2.05, 4.69) is 14.9 Å². The van der Waals surface area contributed by atoms with Crippen molar-refractivity contribution < 1.29 is 27.9 Å². The van der Waals surface area contributed by atoms with Crippen molar-refractivity contribution >= 4 is 5.97 Å². The molecule has 8 heteroatoms. The van der Waals surface area contributed by atoms with Crippen molar-refractivity contribution in [2.24, 2.45) is 0 Å². The second-order valence-electron chi connectivity index (χ2n) is 5.62. The fourth-order valence-corrected chi connectivity index (χ4v) is 2.33.